The number of rotatable bonds is 5. The van der Waals surface area contributed by atoms with Crippen molar-refractivity contribution in [2.75, 3.05) is 0 Å². The van der Waals surface area contributed by atoms with Crippen molar-refractivity contribution in [2.45, 2.75) is 10.4 Å². The first kappa shape index (κ1) is 20.6. The Morgan fingerprint density at radius 3 is 1.72 bits per heavy atom. The molecule has 5 nitrogen and oxygen atoms in total. The van der Waals surface area contributed by atoms with Crippen LogP contribution in [0, 0.1) is 7.14 Å². The molecule has 0 aliphatic rings. The second-order valence-corrected chi connectivity index (χ2v) is 11.8. The monoisotopic (exact) mass is 569 g/mol. The van der Waals surface area contributed by atoms with Gasteiger partial charge in [0.2, 0.25) is 0 Å². The molecule has 0 fully saturated rings. The molecule has 0 amide bonds. The van der Waals surface area contributed by atoms with E-state index in [9.17, 15) is 30.0 Å². The summed E-state index contributed by atoms with van der Waals surface area (Å²) in [5, 5.41) is 0. The highest BCUT2D eigenvalue weighted by atomic mass is 127. The fraction of sp³-hybridized carbons (Fsp3) is 0.0769. The summed E-state index contributed by atoms with van der Waals surface area (Å²) < 4.78 is 86.9. The highest BCUT2D eigenvalue weighted by Gasteiger charge is 2.40. The molecule has 0 unspecified atom stereocenters. The Labute approximate surface area is 161 Å². The zero-order valence-corrected chi connectivity index (χ0v) is 17.3. The van der Waals surface area contributed by atoms with Crippen molar-refractivity contribution >= 4 is 36.0 Å². The van der Waals surface area contributed by atoms with Gasteiger partial charge in [-0.05, 0) is 48.5 Å². The van der Waals surface area contributed by atoms with E-state index in [0.717, 1.165) is 23.7 Å². The second kappa shape index (κ2) is 7.50. The molecule has 0 spiro atoms. The molecular formula is C13H8BrF3INO4S2. The molecule has 2 aromatic carbocycles. The fourth-order valence-electron chi connectivity index (χ4n) is 1.50. The Morgan fingerprint density at radius 2 is 1.28 bits per heavy atom. The summed E-state index contributed by atoms with van der Waals surface area (Å²) in [6.45, 7) is 0. The van der Waals surface area contributed by atoms with Crippen molar-refractivity contribution < 1.29 is 51.2 Å². The van der Waals surface area contributed by atoms with Gasteiger partial charge in [-0.3, -0.25) is 0 Å². The molecule has 2 rings (SSSR count). The number of nitrogens with zero attached hydrogens (tertiary/aromatic N) is 1. The van der Waals surface area contributed by atoms with Crippen LogP contribution in [-0.2, 0) is 20.0 Å². The van der Waals surface area contributed by atoms with E-state index in [4.69, 9.17) is 0 Å². The topological polar surface area (TPSA) is 82.4 Å². The molecule has 12 heteroatoms. The molecule has 0 saturated heterocycles. The van der Waals surface area contributed by atoms with Gasteiger partial charge in [-0.15, -0.1) is 0 Å². The van der Waals surface area contributed by atoms with E-state index in [1.807, 2.05) is 28.4 Å². The van der Waals surface area contributed by atoms with Crippen LogP contribution in [-0.4, -0.2) is 22.3 Å². The van der Waals surface area contributed by atoms with Gasteiger partial charge in [-0.1, -0.05) is 15.9 Å². The van der Waals surface area contributed by atoms with Crippen molar-refractivity contribution in [1.29, 1.82) is 0 Å². The number of benzene rings is 2. The Kier molecular flexibility index (Phi) is 6.18. The minimum Gasteiger partial charge on any atom is -0.424 e. The molecule has 0 saturated carbocycles. The van der Waals surface area contributed by atoms with Gasteiger partial charge in [0.1, 0.15) is 10.0 Å². The zero-order valence-electron chi connectivity index (χ0n) is 11.9. The highest BCUT2D eigenvalue weighted by molar-refractivity contribution is 9.10. The SMILES string of the molecule is O=S(=O)([N-]S(=O)(=O)C(F)(F)F)c1ccc([I+]c2ccc(Br)cc2)cc1. The van der Waals surface area contributed by atoms with E-state index in [1.165, 1.54) is 12.1 Å². The molecule has 0 aliphatic carbocycles. The first-order chi connectivity index (χ1) is 11.4. The lowest BCUT2D eigenvalue weighted by atomic mass is 10.4. The average molecular weight is 570 g/mol. The van der Waals surface area contributed by atoms with Gasteiger partial charge >= 0.3 is 26.7 Å². The minimum atomic E-state index is -6.13. The molecule has 0 heterocycles. The van der Waals surface area contributed by atoms with Crippen molar-refractivity contribution in [1.82, 2.24) is 0 Å². The lowest BCUT2D eigenvalue weighted by Gasteiger charge is -2.21. The molecule has 0 N–H and O–H groups in total. The molecule has 136 valence electrons. The van der Waals surface area contributed by atoms with Crippen LogP contribution in [0.2, 0.25) is 0 Å². The van der Waals surface area contributed by atoms with Gasteiger partial charge in [-0.25, -0.2) is 16.8 Å². The van der Waals surface area contributed by atoms with Crippen LogP contribution in [0.4, 0.5) is 13.2 Å². The van der Waals surface area contributed by atoms with Crippen LogP contribution in [0.5, 0.6) is 0 Å². The Bertz CT molecular complexity index is 960. The van der Waals surface area contributed by atoms with Crippen LogP contribution in [0.15, 0.2) is 57.9 Å². The Morgan fingerprint density at radius 1 is 0.840 bits per heavy atom. The van der Waals surface area contributed by atoms with E-state index >= 15 is 0 Å². The highest BCUT2D eigenvalue weighted by Crippen LogP contribution is 2.32. The molecular weight excluding hydrogens is 562 g/mol. The normalized spacial score (nSPS) is 13.0. The largest absolute Gasteiger partial charge is 0.480 e. The smallest absolute Gasteiger partial charge is 0.424 e. The van der Waals surface area contributed by atoms with Crippen LogP contribution in [0.1, 0.15) is 0 Å². The molecule has 0 radical (unpaired) electrons. The lowest BCUT2D eigenvalue weighted by Crippen LogP contribution is -3.61. The minimum absolute atomic E-state index is 0.621. The maximum absolute atomic E-state index is 12.3. The first-order valence-corrected chi connectivity index (χ1v) is 12.0. The molecule has 0 aliphatic heterocycles. The standard InChI is InChI=1S/C13H8BrF3INO4S2/c14-9-1-3-10(4-2-9)18-11-5-7-12(8-6-11)24(20,21)19-25(22,23)13(15,16)17/h1-8H. The summed E-state index contributed by atoms with van der Waals surface area (Å²) >= 11 is 2.68. The molecule has 0 aromatic heterocycles. The van der Waals surface area contributed by atoms with E-state index in [-0.39, 0.29) is 0 Å². The van der Waals surface area contributed by atoms with E-state index in [1.54, 1.807) is 0 Å². The predicted molar refractivity (Wildman–Crippen MR) is 83.5 cm³/mol. The maximum Gasteiger partial charge on any atom is 0.480 e. The van der Waals surface area contributed by atoms with Crippen LogP contribution in [0.3, 0.4) is 0 Å². The van der Waals surface area contributed by atoms with Crippen molar-refractivity contribution in [3.8, 4) is 0 Å². The number of sulfonamides is 2. The third-order valence-corrected chi connectivity index (χ3v) is 8.86. The summed E-state index contributed by atoms with van der Waals surface area (Å²) in [6.07, 6.45) is 0. The summed E-state index contributed by atoms with van der Waals surface area (Å²) in [6, 6.07) is 12.4. The van der Waals surface area contributed by atoms with Gasteiger partial charge in [0.05, 0.1) is 0 Å². The van der Waals surface area contributed by atoms with Gasteiger partial charge in [0.15, 0.2) is 17.2 Å². The Balaban J connectivity index is 2.20. The number of hydrogen-bond donors (Lipinski definition) is 0. The van der Waals surface area contributed by atoms with Crippen molar-refractivity contribution in [3.05, 3.63) is 64.3 Å². The number of hydrogen-bond acceptors (Lipinski definition) is 4. The van der Waals surface area contributed by atoms with Gasteiger partial charge in [0.25, 0.3) is 0 Å². The molecule has 2 aromatic rings. The van der Waals surface area contributed by atoms with Gasteiger partial charge in [-0.2, -0.15) is 13.2 Å². The van der Waals surface area contributed by atoms with E-state index < -0.39 is 51.7 Å². The lowest BCUT2D eigenvalue weighted by molar-refractivity contribution is -0.597. The van der Waals surface area contributed by atoms with Crippen LogP contribution < -0.4 is 21.2 Å². The summed E-state index contributed by atoms with van der Waals surface area (Å²) in [7, 11) is -11.1. The predicted octanol–water partition coefficient (Wildman–Crippen LogP) is 0.490. The number of alkyl halides is 3. The zero-order chi connectivity index (χ0) is 18.9. The molecule has 0 bridgehead atoms. The maximum atomic E-state index is 12.3. The first-order valence-electron chi connectivity index (χ1n) is 6.22. The molecule has 0 atom stereocenters. The Hall–Kier alpha value is -0.700. The third kappa shape index (κ3) is 5.39. The quantitative estimate of drug-likeness (QED) is 0.491. The van der Waals surface area contributed by atoms with E-state index in [2.05, 4.69) is 15.9 Å². The summed E-state index contributed by atoms with van der Waals surface area (Å²) in [4.78, 5) is -0.621. The van der Waals surface area contributed by atoms with Crippen molar-refractivity contribution in [3.63, 3.8) is 0 Å². The second-order valence-electron chi connectivity index (χ2n) is 4.46. The number of halogens is 5. The van der Waals surface area contributed by atoms with Gasteiger partial charge < -0.3 is 4.13 Å². The summed E-state index contributed by atoms with van der Waals surface area (Å²) in [5.74, 6) is 0. The van der Waals surface area contributed by atoms with Gasteiger partial charge in [0, 0.05) is 9.37 Å². The fourth-order valence-corrected chi connectivity index (χ4v) is 6.12. The van der Waals surface area contributed by atoms with E-state index in [0.29, 0.717) is 0 Å². The van der Waals surface area contributed by atoms with Crippen LogP contribution in [0.25, 0.3) is 4.13 Å². The summed E-state index contributed by atoms with van der Waals surface area (Å²) in [5.41, 5.74) is -5.77. The average Bonchev–Trinajstić information content (AvgIpc) is 2.48. The van der Waals surface area contributed by atoms with Crippen LogP contribution >= 0.6 is 15.9 Å². The third-order valence-electron chi connectivity index (χ3n) is 2.62. The molecule has 25 heavy (non-hydrogen) atoms. The van der Waals surface area contributed by atoms with Crippen molar-refractivity contribution in [2.24, 2.45) is 0 Å².